The number of nitrogens with two attached hydrogens (primary N) is 1. The zero-order valence-corrected chi connectivity index (χ0v) is 13.7. The van der Waals surface area contributed by atoms with Crippen LogP contribution in [0.2, 0.25) is 0 Å². The molecule has 0 radical (unpaired) electrons. The van der Waals surface area contributed by atoms with Gasteiger partial charge >= 0.3 is 6.09 Å². The zero-order chi connectivity index (χ0) is 15.8. The van der Waals surface area contributed by atoms with Crippen LogP contribution in [0, 0.1) is 0 Å². The maximum atomic E-state index is 11.8. The molecule has 0 rings (SSSR count). The highest BCUT2D eigenvalue weighted by atomic mass is 16.6. The molecule has 120 valence electrons. The number of alkyl carbamates (subject to hydrolysis) is 1. The minimum absolute atomic E-state index is 0.0444. The molecule has 0 aliphatic heterocycles. The number of carbonyl (C=O) groups is 1. The maximum absolute atomic E-state index is 11.8. The molecule has 0 bridgehead atoms. The summed E-state index contributed by atoms with van der Waals surface area (Å²) >= 11 is 0. The highest BCUT2D eigenvalue weighted by Crippen LogP contribution is 2.08. The van der Waals surface area contributed by atoms with Crippen molar-refractivity contribution < 1.29 is 14.3 Å². The van der Waals surface area contributed by atoms with Gasteiger partial charge in [-0.3, -0.25) is 4.90 Å². The van der Waals surface area contributed by atoms with Crippen molar-refractivity contribution in [2.24, 2.45) is 5.73 Å². The molecular weight excluding hydrogens is 258 g/mol. The van der Waals surface area contributed by atoms with Gasteiger partial charge in [0, 0.05) is 31.8 Å². The fourth-order valence-corrected chi connectivity index (χ4v) is 1.87. The third kappa shape index (κ3) is 8.35. The molecule has 6 nitrogen and oxygen atoms in total. The molecule has 0 saturated heterocycles. The minimum atomic E-state index is -0.497. The summed E-state index contributed by atoms with van der Waals surface area (Å²) in [6.45, 7) is 12.0. The summed E-state index contributed by atoms with van der Waals surface area (Å²) in [5.41, 5.74) is 5.31. The van der Waals surface area contributed by atoms with E-state index < -0.39 is 11.7 Å². The predicted octanol–water partition coefficient (Wildman–Crippen LogP) is 1.20. The number of amides is 1. The van der Waals surface area contributed by atoms with E-state index in [0.29, 0.717) is 19.8 Å². The Bertz CT molecular complexity index is 279. The van der Waals surface area contributed by atoms with Gasteiger partial charge in [0.25, 0.3) is 0 Å². The third-order valence-electron chi connectivity index (χ3n) is 2.92. The average Bonchev–Trinajstić information content (AvgIpc) is 2.27. The normalized spacial score (nSPS) is 15.0. The maximum Gasteiger partial charge on any atom is 0.407 e. The number of hydrogen-bond donors (Lipinski definition) is 2. The number of ether oxygens (including phenoxy) is 2. The van der Waals surface area contributed by atoms with Crippen molar-refractivity contribution >= 4 is 6.09 Å². The summed E-state index contributed by atoms with van der Waals surface area (Å²) in [6.07, 6.45) is -0.415. The van der Waals surface area contributed by atoms with Crippen LogP contribution in [0.25, 0.3) is 0 Å². The van der Waals surface area contributed by atoms with Crippen molar-refractivity contribution in [3.8, 4) is 0 Å². The number of nitrogens with zero attached hydrogens (tertiary/aromatic N) is 1. The SMILES string of the molecule is CCOCCN(C)C(CN)C(C)NC(=O)OC(C)(C)C. The second-order valence-corrected chi connectivity index (χ2v) is 5.92. The molecule has 1 amide bonds. The molecule has 0 aliphatic carbocycles. The molecule has 0 aromatic heterocycles. The van der Waals surface area contributed by atoms with Crippen LogP contribution in [0.5, 0.6) is 0 Å². The molecule has 0 saturated carbocycles. The van der Waals surface area contributed by atoms with Gasteiger partial charge in [0.1, 0.15) is 5.60 Å². The first-order chi connectivity index (χ1) is 9.21. The molecule has 2 atom stereocenters. The molecule has 0 fully saturated rings. The minimum Gasteiger partial charge on any atom is -0.444 e. The van der Waals surface area contributed by atoms with Gasteiger partial charge < -0.3 is 20.5 Å². The summed E-state index contributed by atoms with van der Waals surface area (Å²) < 4.78 is 10.6. The first-order valence-corrected chi connectivity index (χ1v) is 7.18. The first kappa shape index (κ1) is 19.1. The molecule has 0 aliphatic rings. The van der Waals surface area contributed by atoms with Gasteiger partial charge in [-0.25, -0.2) is 4.79 Å². The van der Waals surface area contributed by atoms with Crippen LogP contribution in [-0.2, 0) is 9.47 Å². The van der Waals surface area contributed by atoms with Crippen LogP contribution in [0.3, 0.4) is 0 Å². The first-order valence-electron chi connectivity index (χ1n) is 7.18. The van der Waals surface area contributed by atoms with Crippen molar-refractivity contribution in [3.63, 3.8) is 0 Å². The van der Waals surface area contributed by atoms with Gasteiger partial charge in [0.15, 0.2) is 0 Å². The number of carbonyl (C=O) groups excluding carboxylic acids is 1. The van der Waals surface area contributed by atoms with E-state index in [1.54, 1.807) is 0 Å². The van der Waals surface area contributed by atoms with E-state index >= 15 is 0 Å². The fourth-order valence-electron chi connectivity index (χ4n) is 1.87. The molecular formula is C14H31N3O3. The monoisotopic (exact) mass is 289 g/mol. The summed E-state index contributed by atoms with van der Waals surface area (Å²) in [5.74, 6) is 0. The van der Waals surface area contributed by atoms with E-state index in [0.717, 1.165) is 6.54 Å². The highest BCUT2D eigenvalue weighted by molar-refractivity contribution is 5.68. The van der Waals surface area contributed by atoms with Crippen LogP contribution >= 0.6 is 0 Å². The molecule has 20 heavy (non-hydrogen) atoms. The van der Waals surface area contributed by atoms with Crippen molar-refractivity contribution in [2.45, 2.75) is 52.3 Å². The molecule has 0 aromatic carbocycles. The lowest BCUT2D eigenvalue weighted by Crippen LogP contribution is -2.53. The predicted molar refractivity (Wildman–Crippen MR) is 80.8 cm³/mol. The fraction of sp³-hybridized carbons (Fsp3) is 0.929. The molecule has 2 unspecified atom stereocenters. The Balaban J connectivity index is 4.31. The molecule has 3 N–H and O–H groups in total. The second-order valence-electron chi connectivity index (χ2n) is 5.92. The lowest BCUT2D eigenvalue weighted by Gasteiger charge is -2.32. The molecule has 0 spiro atoms. The van der Waals surface area contributed by atoms with Gasteiger partial charge in [-0.2, -0.15) is 0 Å². The number of hydrogen-bond acceptors (Lipinski definition) is 5. The molecule has 0 heterocycles. The summed E-state index contributed by atoms with van der Waals surface area (Å²) in [4.78, 5) is 13.9. The highest BCUT2D eigenvalue weighted by Gasteiger charge is 2.24. The lowest BCUT2D eigenvalue weighted by atomic mass is 10.1. The Labute approximate surface area is 123 Å². The standard InChI is InChI=1S/C14H31N3O3/c1-7-19-9-8-17(6)12(10-15)11(2)16-13(18)20-14(3,4)5/h11-12H,7-10,15H2,1-6H3,(H,16,18). The van der Waals surface area contributed by atoms with E-state index in [-0.39, 0.29) is 12.1 Å². The molecule has 0 aromatic rings. The summed E-state index contributed by atoms with van der Waals surface area (Å²) in [6, 6.07) is -0.0514. The largest absolute Gasteiger partial charge is 0.444 e. The number of rotatable bonds is 8. The average molecular weight is 289 g/mol. The number of nitrogens with one attached hydrogen (secondary N) is 1. The Hall–Kier alpha value is -0.850. The van der Waals surface area contributed by atoms with Gasteiger partial charge in [-0.05, 0) is 41.7 Å². The van der Waals surface area contributed by atoms with Crippen molar-refractivity contribution in [3.05, 3.63) is 0 Å². The summed E-state index contributed by atoms with van der Waals surface area (Å²) in [5, 5.41) is 2.84. The van der Waals surface area contributed by atoms with Crippen LogP contribution in [-0.4, -0.2) is 62.0 Å². The lowest BCUT2D eigenvalue weighted by molar-refractivity contribution is 0.0465. The third-order valence-corrected chi connectivity index (χ3v) is 2.92. The van der Waals surface area contributed by atoms with E-state index in [4.69, 9.17) is 15.2 Å². The van der Waals surface area contributed by atoms with E-state index in [9.17, 15) is 4.79 Å². The van der Waals surface area contributed by atoms with Gasteiger partial charge in [0.2, 0.25) is 0 Å². The number of likely N-dealkylation sites (N-methyl/N-ethyl adjacent to an activating group) is 1. The van der Waals surface area contributed by atoms with E-state index in [2.05, 4.69) is 10.2 Å². The van der Waals surface area contributed by atoms with Gasteiger partial charge in [-0.1, -0.05) is 0 Å². The van der Waals surface area contributed by atoms with Crippen LogP contribution in [0.4, 0.5) is 4.79 Å². The smallest absolute Gasteiger partial charge is 0.407 e. The van der Waals surface area contributed by atoms with E-state index in [1.165, 1.54) is 0 Å². The Morgan fingerprint density at radius 1 is 1.40 bits per heavy atom. The summed E-state index contributed by atoms with van der Waals surface area (Å²) in [7, 11) is 1.98. The van der Waals surface area contributed by atoms with Crippen molar-refractivity contribution in [1.29, 1.82) is 0 Å². The van der Waals surface area contributed by atoms with Gasteiger partial charge in [0.05, 0.1) is 6.61 Å². The van der Waals surface area contributed by atoms with Crippen LogP contribution in [0.1, 0.15) is 34.6 Å². The van der Waals surface area contributed by atoms with Gasteiger partial charge in [-0.15, -0.1) is 0 Å². The molecule has 6 heteroatoms. The zero-order valence-electron chi connectivity index (χ0n) is 13.7. The second kappa shape index (κ2) is 9.15. The Morgan fingerprint density at radius 2 is 2.00 bits per heavy atom. The van der Waals surface area contributed by atoms with Crippen molar-refractivity contribution in [1.82, 2.24) is 10.2 Å². The van der Waals surface area contributed by atoms with Crippen molar-refractivity contribution in [2.75, 3.05) is 33.4 Å². The Morgan fingerprint density at radius 3 is 2.45 bits per heavy atom. The van der Waals surface area contributed by atoms with Crippen LogP contribution in [0.15, 0.2) is 0 Å². The topological polar surface area (TPSA) is 76.8 Å². The Kier molecular flexibility index (Phi) is 8.76. The van der Waals surface area contributed by atoms with E-state index in [1.807, 2.05) is 41.7 Å². The van der Waals surface area contributed by atoms with Crippen LogP contribution < -0.4 is 11.1 Å². The quantitative estimate of drug-likeness (QED) is 0.657.